The van der Waals surface area contributed by atoms with E-state index in [9.17, 15) is 9.59 Å². The minimum Gasteiger partial charge on any atom is -0.483 e. The molecule has 0 bridgehead atoms. The van der Waals surface area contributed by atoms with Crippen molar-refractivity contribution < 1.29 is 24.0 Å². The summed E-state index contributed by atoms with van der Waals surface area (Å²) in [4.78, 5) is 36.8. The van der Waals surface area contributed by atoms with Gasteiger partial charge < -0.3 is 19.4 Å². The van der Waals surface area contributed by atoms with Crippen molar-refractivity contribution in [3.8, 4) is 0 Å². The summed E-state index contributed by atoms with van der Waals surface area (Å²) in [5, 5.41) is 10.9. The zero-order valence-corrected chi connectivity index (χ0v) is 15.7. The Morgan fingerprint density at radius 3 is 2.54 bits per heavy atom. The third-order valence-corrected chi connectivity index (χ3v) is 4.89. The van der Waals surface area contributed by atoms with Crippen molar-refractivity contribution in [2.45, 2.75) is 44.8 Å². The van der Waals surface area contributed by atoms with E-state index >= 15 is 0 Å². The van der Waals surface area contributed by atoms with Crippen LogP contribution >= 0.6 is 0 Å². The van der Waals surface area contributed by atoms with Crippen molar-refractivity contribution in [2.24, 2.45) is 0 Å². The van der Waals surface area contributed by atoms with Gasteiger partial charge in [-0.2, -0.15) is 0 Å². The number of carbonyl (C=O) groups excluding carboxylic acids is 2. The molecule has 2 amide bonds. The summed E-state index contributed by atoms with van der Waals surface area (Å²) in [6.07, 6.45) is 2.28. The second-order valence-electron chi connectivity index (χ2n) is 6.98. The normalized spacial score (nSPS) is 19.2. The van der Waals surface area contributed by atoms with Crippen LogP contribution in [0.25, 0.3) is 0 Å². The van der Waals surface area contributed by atoms with Crippen molar-refractivity contribution in [1.29, 1.82) is 0 Å². The molecule has 1 aliphatic heterocycles. The molecule has 1 N–H and O–H groups in total. The monoisotopic (exact) mass is 385 g/mol. The first-order chi connectivity index (χ1) is 13.5. The van der Waals surface area contributed by atoms with Crippen molar-refractivity contribution >= 4 is 18.3 Å². The molecule has 148 valence electrons. The number of piperazine rings is 1. The lowest BCUT2D eigenvalue weighted by Gasteiger charge is -2.38. The van der Waals surface area contributed by atoms with E-state index in [4.69, 9.17) is 14.4 Å². The Morgan fingerprint density at radius 1 is 1.21 bits per heavy atom. The second kappa shape index (κ2) is 8.69. The van der Waals surface area contributed by atoms with Crippen LogP contribution in [0.2, 0.25) is 0 Å². The van der Waals surface area contributed by atoms with E-state index in [0.29, 0.717) is 24.7 Å². The van der Waals surface area contributed by atoms with Gasteiger partial charge in [0.05, 0.1) is 6.54 Å². The molecule has 2 aromatic rings. The van der Waals surface area contributed by atoms with E-state index in [1.165, 1.54) is 0 Å². The predicted molar refractivity (Wildman–Crippen MR) is 99.0 cm³/mol. The Hall–Kier alpha value is -3.16. The van der Waals surface area contributed by atoms with Crippen molar-refractivity contribution in [3.05, 3.63) is 53.4 Å². The van der Waals surface area contributed by atoms with Crippen LogP contribution < -0.4 is 0 Å². The quantitative estimate of drug-likeness (QED) is 0.790. The molecular weight excluding hydrogens is 362 g/mol. The van der Waals surface area contributed by atoms with Crippen LogP contribution in [0.3, 0.4) is 0 Å². The summed E-state index contributed by atoms with van der Waals surface area (Å²) >= 11 is 0. The first-order valence-corrected chi connectivity index (χ1v) is 9.19. The lowest BCUT2D eigenvalue weighted by molar-refractivity contribution is -0.156. The standard InChI is InChI=1S/C19H21N3O3.CH2O2/c1-13-19(24)21(10-14-5-3-2-4-6-14)12-18(23)22(13)11-16-9-17(25-20-16)15-7-8-15;2-1-3/h2-6,9,13,15H,7-8,10-12H2,1H3;1H,(H,2,3)/t13-;/m0./s1. The van der Waals surface area contributed by atoms with E-state index in [0.717, 1.165) is 24.2 Å². The number of aromatic nitrogens is 1. The van der Waals surface area contributed by atoms with Crippen LogP contribution in [-0.4, -0.2) is 50.9 Å². The van der Waals surface area contributed by atoms with E-state index < -0.39 is 6.04 Å². The van der Waals surface area contributed by atoms with Gasteiger partial charge in [0, 0.05) is 18.5 Å². The summed E-state index contributed by atoms with van der Waals surface area (Å²) in [6.45, 7) is 2.41. The van der Waals surface area contributed by atoms with Crippen LogP contribution in [0.5, 0.6) is 0 Å². The zero-order valence-electron chi connectivity index (χ0n) is 15.7. The van der Waals surface area contributed by atoms with Crippen molar-refractivity contribution in [2.75, 3.05) is 6.54 Å². The highest BCUT2D eigenvalue weighted by molar-refractivity contribution is 5.94. The lowest BCUT2D eigenvalue weighted by Crippen LogP contribution is -2.58. The molecule has 1 saturated carbocycles. The average Bonchev–Trinajstić information content (AvgIpc) is 3.43. The molecular formula is C20H23N3O5. The van der Waals surface area contributed by atoms with Gasteiger partial charge in [-0.05, 0) is 25.3 Å². The topological polar surface area (TPSA) is 104 Å². The Balaban J connectivity index is 0.000000706. The molecule has 2 heterocycles. The van der Waals surface area contributed by atoms with Crippen molar-refractivity contribution in [1.82, 2.24) is 15.0 Å². The first kappa shape index (κ1) is 19.6. The van der Waals surface area contributed by atoms with Gasteiger partial charge in [0.15, 0.2) is 0 Å². The molecule has 0 unspecified atom stereocenters. The maximum absolute atomic E-state index is 12.7. The highest BCUT2D eigenvalue weighted by Crippen LogP contribution is 2.40. The third-order valence-electron chi connectivity index (χ3n) is 4.89. The molecule has 1 atom stereocenters. The Kier molecular flexibility index (Phi) is 6.08. The van der Waals surface area contributed by atoms with Gasteiger partial charge in [0.2, 0.25) is 11.8 Å². The zero-order chi connectivity index (χ0) is 20.1. The van der Waals surface area contributed by atoms with Gasteiger partial charge in [-0.1, -0.05) is 35.5 Å². The van der Waals surface area contributed by atoms with E-state index in [1.54, 1.807) is 16.7 Å². The number of amides is 2. The molecule has 8 heteroatoms. The van der Waals surface area contributed by atoms with Crippen molar-refractivity contribution in [3.63, 3.8) is 0 Å². The van der Waals surface area contributed by atoms with Gasteiger partial charge in [0.1, 0.15) is 24.0 Å². The number of benzene rings is 1. The van der Waals surface area contributed by atoms with Crippen LogP contribution in [0.15, 0.2) is 40.9 Å². The average molecular weight is 385 g/mol. The Labute approximate surface area is 162 Å². The maximum Gasteiger partial charge on any atom is 0.290 e. The SMILES string of the molecule is C[C@H]1C(=O)N(Cc2ccccc2)CC(=O)N1Cc1cc(C2CC2)on1.O=CO. The van der Waals surface area contributed by atoms with Gasteiger partial charge in [-0.15, -0.1) is 0 Å². The molecule has 28 heavy (non-hydrogen) atoms. The van der Waals surface area contributed by atoms with Crippen LogP contribution in [0.1, 0.15) is 42.7 Å². The molecule has 1 aromatic carbocycles. The largest absolute Gasteiger partial charge is 0.483 e. The number of hydrogen-bond acceptors (Lipinski definition) is 5. The lowest BCUT2D eigenvalue weighted by atomic mass is 10.1. The summed E-state index contributed by atoms with van der Waals surface area (Å²) < 4.78 is 5.34. The molecule has 1 aromatic heterocycles. The number of carboxylic acid groups (broad SMARTS) is 1. The summed E-state index contributed by atoms with van der Waals surface area (Å²) in [6, 6.07) is 11.1. The molecule has 2 aliphatic rings. The smallest absolute Gasteiger partial charge is 0.290 e. The molecule has 1 aliphatic carbocycles. The fraction of sp³-hybridized carbons (Fsp3) is 0.400. The maximum atomic E-state index is 12.7. The van der Waals surface area contributed by atoms with E-state index in [2.05, 4.69) is 5.16 Å². The fourth-order valence-corrected chi connectivity index (χ4v) is 3.25. The van der Waals surface area contributed by atoms with Crippen LogP contribution in [-0.2, 0) is 27.5 Å². The summed E-state index contributed by atoms with van der Waals surface area (Å²) in [7, 11) is 0. The number of hydrogen-bond donors (Lipinski definition) is 1. The molecule has 4 rings (SSSR count). The second-order valence-corrected chi connectivity index (χ2v) is 6.98. The highest BCUT2D eigenvalue weighted by Gasteiger charge is 2.37. The fourth-order valence-electron chi connectivity index (χ4n) is 3.25. The van der Waals surface area contributed by atoms with E-state index in [-0.39, 0.29) is 24.8 Å². The number of carbonyl (C=O) groups is 3. The minimum absolute atomic E-state index is 0.0330. The summed E-state index contributed by atoms with van der Waals surface area (Å²) in [5.74, 6) is 1.29. The minimum atomic E-state index is -0.494. The number of nitrogens with zero attached hydrogens (tertiary/aromatic N) is 3. The molecule has 2 fully saturated rings. The molecule has 1 saturated heterocycles. The first-order valence-electron chi connectivity index (χ1n) is 9.19. The van der Waals surface area contributed by atoms with Gasteiger partial charge in [-0.25, -0.2) is 0 Å². The van der Waals surface area contributed by atoms with Gasteiger partial charge in [0.25, 0.3) is 6.47 Å². The van der Waals surface area contributed by atoms with Gasteiger partial charge in [-0.3, -0.25) is 14.4 Å². The Morgan fingerprint density at radius 2 is 1.89 bits per heavy atom. The predicted octanol–water partition coefficient (Wildman–Crippen LogP) is 2.01. The molecule has 0 spiro atoms. The third kappa shape index (κ3) is 4.57. The highest BCUT2D eigenvalue weighted by atomic mass is 16.5. The van der Waals surface area contributed by atoms with Crippen LogP contribution in [0.4, 0.5) is 0 Å². The summed E-state index contributed by atoms with van der Waals surface area (Å²) in [5.41, 5.74) is 1.74. The molecule has 0 radical (unpaired) electrons. The van der Waals surface area contributed by atoms with Gasteiger partial charge >= 0.3 is 0 Å². The molecule has 8 nitrogen and oxygen atoms in total. The number of rotatable bonds is 5. The van der Waals surface area contributed by atoms with Crippen LogP contribution in [0, 0.1) is 0 Å². The Bertz CT molecular complexity index is 831. The van der Waals surface area contributed by atoms with E-state index in [1.807, 2.05) is 36.4 Å².